The maximum atomic E-state index is 12.8. The molecule has 0 spiro atoms. The smallest absolute Gasteiger partial charge is 0.200 e. The average Bonchev–Trinajstić information content (AvgIpc) is 2.55. The van der Waals surface area contributed by atoms with E-state index >= 15 is 0 Å². The minimum absolute atomic E-state index is 0.0910. The molecule has 3 rings (SSSR count). The molecule has 112 valence electrons. The van der Waals surface area contributed by atoms with Crippen LogP contribution in [0.1, 0.15) is 12.5 Å². The molecule has 3 aromatic rings. The minimum atomic E-state index is -0.0910. The molecule has 0 unspecified atom stereocenters. The van der Waals surface area contributed by atoms with Gasteiger partial charge < -0.3 is 9.15 Å². The van der Waals surface area contributed by atoms with E-state index in [2.05, 4.69) is 0 Å². The third-order valence-corrected chi connectivity index (χ3v) is 4.05. The van der Waals surface area contributed by atoms with Crippen LogP contribution in [0.25, 0.3) is 22.1 Å². The SMILES string of the molecule is CCc1cc2c(=O)c(-c3ccccc3Cl)coc2cc1OC. The molecule has 0 radical (unpaired) electrons. The van der Waals surface area contributed by atoms with Gasteiger partial charge >= 0.3 is 0 Å². The summed E-state index contributed by atoms with van der Waals surface area (Å²) >= 11 is 6.19. The van der Waals surface area contributed by atoms with Crippen molar-refractivity contribution in [2.75, 3.05) is 7.11 Å². The molecule has 1 heterocycles. The van der Waals surface area contributed by atoms with E-state index in [0.29, 0.717) is 27.1 Å². The summed E-state index contributed by atoms with van der Waals surface area (Å²) in [5.41, 5.74) is 2.53. The highest BCUT2D eigenvalue weighted by molar-refractivity contribution is 6.33. The first-order valence-electron chi connectivity index (χ1n) is 7.03. The molecule has 1 aromatic heterocycles. The van der Waals surface area contributed by atoms with Crippen LogP contribution in [0, 0.1) is 0 Å². The summed E-state index contributed by atoms with van der Waals surface area (Å²) in [6, 6.07) is 10.8. The second kappa shape index (κ2) is 5.85. The Morgan fingerprint density at radius 1 is 1.18 bits per heavy atom. The van der Waals surface area contributed by atoms with Crippen molar-refractivity contribution >= 4 is 22.6 Å². The fourth-order valence-electron chi connectivity index (χ4n) is 2.53. The third-order valence-electron chi connectivity index (χ3n) is 3.72. The van der Waals surface area contributed by atoms with Crippen LogP contribution in [0.4, 0.5) is 0 Å². The molecule has 0 fully saturated rings. The van der Waals surface area contributed by atoms with Crippen LogP contribution in [-0.4, -0.2) is 7.11 Å². The maximum absolute atomic E-state index is 12.8. The van der Waals surface area contributed by atoms with E-state index in [9.17, 15) is 4.79 Å². The zero-order chi connectivity index (χ0) is 15.7. The molecule has 0 bridgehead atoms. The van der Waals surface area contributed by atoms with Crippen LogP contribution >= 0.6 is 11.6 Å². The molecule has 0 saturated heterocycles. The Hall–Kier alpha value is -2.26. The van der Waals surface area contributed by atoms with Gasteiger partial charge in [0.2, 0.25) is 5.43 Å². The molecular formula is C18H15ClO3. The molecule has 0 atom stereocenters. The summed E-state index contributed by atoms with van der Waals surface area (Å²) in [4.78, 5) is 12.8. The number of methoxy groups -OCH3 is 1. The topological polar surface area (TPSA) is 39.4 Å². The Morgan fingerprint density at radius 2 is 1.95 bits per heavy atom. The number of halogens is 1. The lowest BCUT2D eigenvalue weighted by Crippen LogP contribution is -2.06. The standard InChI is InChI=1S/C18H15ClO3/c1-3-11-8-13-17(9-16(11)21-2)22-10-14(18(13)20)12-6-4-5-7-15(12)19/h4-10H,3H2,1-2H3. The summed E-state index contributed by atoms with van der Waals surface area (Å²) in [6.45, 7) is 2.02. The van der Waals surface area contributed by atoms with Gasteiger partial charge in [-0.15, -0.1) is 0 Å². The summed E-state index contributed by atoms with van der Waals surface area (Å²) in [5.74, 6) is 0.726. The quantitative estimate of drug-likeness (QED) is 0.704. The van der Waals surface area contributed by atoms with Crippen LogP contribution in [-0.2, 0) is 6.42 Å². The number of fused-ring (bicyclic) bond motifs is 1. The van der Waals surface area contributed by atoms with Gasteiger partial charge in [0.1, 0.15) is 17.6 Å². The van der Waals surface area contributed by atoms with Crippen LogP contribution < -0.4 is 10.2 Å². The lowest BCUT2D eigenvalue weighted by molar-refractivity contribution is 0.409. The monoisotopic (exact) mass is 314 g/mol. The first-order valence-corrected chi connectivity index (χ1v) is 7.40. The second-order valence-corrected chi connectivity index (χ2v) is 5.38. The molecule has 22 heavy (non-hydrogen) atoms. The fourth-order valence-corrected chi connectivity index (χ4v) is 2.77. The molecule has 0 amide bonds. The van der Waals surface area contributed by atoms with Gasteiger partial charge in [-0.1, -0.05) is 36.7 Å². The predicted octanol–water partition coefficient (Wildman–Crippen LogP) is 4.68. The number of hydrogen-bond donors (Lipinski definition) is 0. The van der Waals surface area contributed by atoms with Crippen molar-refractivity contribution in [1.29, 1.82) is 0 Å². The highest BCUT2D eigenvalue weighted by Crippen LogP contribution is 2.29. The molecule has 3 nitrogen and oxygen atoms in total. The Morgan fingerprint density at radius 3 is 2.64 bits per heavy atom. The van der Waals surface area contributed by atoms with Gasteiger partial charge in [0, 0.05) is 16.7 Å². The molecule has 4 heteroatoms. The number of rotatable bonds is 3. The Balaban J connectivity index is 2.30. The largest absolute Gasteiger partial charge is 0.496 e. The van der Waals surface area contributed by atoms with Crippen molar-refractivity contribution < 1.29 is 9.15 Å². The van der Waals surface area contributed by atoms with E-state index < -0.39 is 0 Å². The Bertz CT molecular complexity index is 896. The first kappa shape index (κ1) is 14.7. The summed E-state index contributed by atoms with van der Waals surface area (Å²) in [7, 11) is 1.61. The highest BCUT2D eigenvalue weighted by Gasteiger charge is 2.14. The summed E-state index contributed by atoms with van der Waals surface area (Å²) in [5, 5.41) is 1.06. The van der Waals surface area contributed by atoms with Crippen LogP contribution in [0.5, 0.6) is 5.75 Å². The van der Waals surface area contributed by atoms with Crippen LogP contribution in [0.3, 0.4) is 0 Å². The van der Waals surface area contributed by atoms with Gasteiger partial charge in [0.05, 0.1) is 18.1 Å². The molecule has 0 saturated carbocycles. The summed E-state index contributed by atoms with van der Waals surface area (Å²) < 4.78 is 11.0. The second-order valence-electron chi connectivity index (χ2n) is 4.97. The molecule has 2 aromatic carbocycles. The predicted molar refractivity (Wildman–Crippen MR) is 88.9 cm³/mol. The Kier molecular flexibility index (Phi) is 3.90. The van der Waals surface area contributed by atoms with E-state index in [-0.39, 0.29) is 5.43 Å². The maximum Gasteiger partial charge on any atom is 0.200 e. The zero-order valence-corrected chi connectivity index (χ0v) is 13.1. The van der Waals surface area contributed by atoms with Crippen molar-refractivity contribution in [1.82, 2.24) is 0 Å². The van der Waals surface area contributed by atoms with E-state index in [1.54, 1.807) is 19.2 Å². The minimum Gasteiger partial charge on any atom is -0.496 e. The third kappa shape index (κ3) is 2.38. The van der Waals surface area contributed by atoms with Crippen LogP contribution in [0.2, 0.25) is 5.02 Å². The number of ether oxygens (including phenoxy) is 1. The zero-order valence-electron chi connectivity index (χ0n) is 12.4. The molecular weight excluding hydrogens is 300 g/mol. The molecule has 0 aliphatic carbocycles. The number of aryl methyl sites for hydroxylation is 1. The van der Waals surface area contributed by atoms with Gasteiger partial charge in [-0.25, -0.2) is 0 Å². The van der Waals surface area contributed by atoms with E-state index in [1.165, 1.54) is 6.26 Å². The fraction of sp³-hybridized carbons (Fsp3) is 0.167. The average molecular weight is 315 g/mol. The van der Waals surface area contributed by atoms with Crippen molar-refractivity contribution in [3.8, 4) is 16.9 Å². The molecule has 0 aliphatic rings. The van der Waals surface area contributed by atoms with Gasteiger partial charge in [0.25, 0.3) is 0 Å². The lowest BCUT2D eigenvalue weighted by atomic mass is 10.0. The van der Waals surface area contributed by atoms with Gasteiger partial charge in [-0.3, -0.25) is 4.79 Å². The van der Waals surface area contributed by atoms with Crippen molar-refractivity contribution in [3.63, 3.8) is 0 Å². The lowest BCUT2D eigenvalue weighted by Gasteiger charge is -2.09. The van der Waals surface area contributed by atoms with E-state index in [1.807, 2.05) is 31.2 Å². The van der Waals surface area contributed by atoms with Gasteiger partial charge in [-0.2, -0.15) is 0 Å². The molecule has 0 aliphatic heterocycles. The van der Waals surface area contributed by atoms with Gasteiger partial charge in [-0.05, 0) is 24.1 Å². The number of benzene rings is 2. The van der Waals surface area contributed by atoms with E-state index in [4.69, 9.17) is 20.8 Å². The molecule has 0 N–H and O–H groups in total. The highest BCUT2D eigenvalue weighted by atomic mass is 35.5. The summed E-state index contributed by atoms with van der Waals surface area (Å²) in [6.07, 6.45) is 2.23. The number of hydrogen-bond acceptors (Lipinski definition) is 3. The Labute approximate surface area is 133 Å². The van der Waals surface area contributed by atoms with Crippen molar-refractivity contribution in [3.05, 3.63) is 63.5 Å². The van der Waals surface area contributed by atoms with Crippen LogP contribution in [0.15, 0.2) is 51.9 Å². The van der Waals surface area contributed by atoms with E-state index in [0.717, 1.165) is 17.7 Å². The normalized spacial score (nSPS) is 10.9. The first-order chi connectivity index (χ1) is 10.7. The van der Waals surface area contributed by atoms with Crippen molar-refractivity contribution in [2.45, 2.75) is 13.3 Å². The van der Waals surface area contributed by atoms with Gasteiger partial charge in [0.15, 0.2) is 0 Å². The van der Waals surface area contributed by atoms with Crippen molar-refractivity contribution in [2.24, 2.45) is 0 Å².